The van der Waals surface area contributed by atoms with E-state index < -0.39 is 0 Å². The van der Waals surface area contributed by atoms with Crippen molar-refractivity contribution >= 4 is 11.4 Å². The number of rotatable bonds is 2. The normalized spacial score (nSPS) is 10.1. The number of hydrogen-bond acceptors (Lipinski definition) is 2. The van der Waals surface area contributed by atoms with Gasteiger partial charge in [-0.1, -0.05) is 24.3 Å². The van der Waals surface area contributed by atoms with Crippen molar-refractivity contribution in [2.45, 2.75) is 0 Å². The topological polar surface area (TPSA) is 29.3 Å². The maximum atomic E-state index is 5.78. The van der Waals surface area contributed by atoms with Crippen molar-refractivity contribution in [1.82, 2.24) is 0 Å². The van der Waals surface area contributed by atoms with Crippen LogP contribution in [0.1, 0.15) is 0 Å². The Morgan fingerprint density at radius 2 is 1.81 bits per heavy atom. The third-order valence-electron chi connectivity index (χ3n) is 2.49. The molecule has 0 atom stereocenters. The van der Waals surface area contributed by atoms with E-state index in [1.165, 1.54) is 0 Å². The minimum absolute atomic E-state index is 0.789. The molecule has 81 valence electrons. The largest absolute Gasteiger partial charge is 0.399 e. The predicted molar refractivity (Wildman–Crippen MR) is 69.5 cm³/mol. The van der Waals surface area contributed by atoms with Gasteiger partial charge in [0, 0.05) is 31.5 Å². The van der Waals surface area contributed by atoms with Gasteiger partial charge in [0.2, 0.25) is 0 Å². The van der Waals surface area contributed by atoms with E-state index >= 15 is 0 Å². The molecule has 0 heterocycles. The number of nitrogens with zero attached hydrogens (tertiary/aromatic N) is 1. The van der Waals surface area contributed by atoms with Crippen LogP contribution >= 0.6 is 0 Å². The molecule has 0 aliphatic heterocycles. The molecule has 0 amide bonds. The lowest BCUT2D eigenvalue weighted by molar-refractivity contribution is 1.13. The fourth-order valence-electron chi connectivity index (χ4n) is 1.61. The summed E-state index contributed by atoms with van der Waals surface area (Å²) in [5.41, 5.74) is 9.93. The van der Waals surface area contributed by atoms with E-state index in [-0.39, 0.29) is 0 Å². The first-order chi connectivity index (χ1) is 7.66. The zero-order chi connectivity index (χ0) is 11.5. The van der Waals surface area contributed by atoms with E-state index in [1.54, 1.807) is 0 Å². The highest BCUT2D eigenvalue weighted by molar-refractivity contribution is 5.70. The Hall–Kier alpha value is -1.96. The van der Waals surface area contributed by atoms with Crippen LogP contribution in [-0.2, 0) is 0 Å². The first-order valence-corrected chi connectivity index (χ1v) is 5.22. The molecule has 2 aromatic rings. The van der Waals surface area contributed by atoms with Gasteiger partial charge in [0.25, 0.3) is 0 Å². The lowest BCUT2D eigenvalue weighted by atomic mass is 10.0. The standard InChI is InChI=1S/C14H15N2/c1-16(2)14-8-4-6-12(10-14)11-5-3-7-13(15)9-11/h3-7,9-10H,15H2,1-2H3. The summed E-state index contributed by atoms with van der Waals surface area (Å²) in [6.07, 6.45) is 0. The van der Waals surface area contributed by atoms with Gasteiger partial charge in [-0.2, -0.15) is 0 Å². The Bertz CT molecular complexity index is 490. The second-order valence-corrected chi connectivity index (χ2v) is 3.98. The van der Waals surface area contributed by atoms with Crippen LogP contribution in [0.15, 0.2) is 42.5 Å². The minimum atomic E-state index is 0.789. The smallest absolute Gasteiger partial charge is 0.0447 e. The van der Waals surface area contributed by atoms with Crippen LogP contribution in [0.4, 0.5) is 11.4 Å². The van der Waals surface area contributed by atoms with Crippen LogP contribution < -0.4 is 10.6 Å². The van der Waals surface area contributed by atoms with Crippen molar-refractivity contribution in [3.63, 3.8) is 0 Å². The highest BCUT2D eigenvalue weighted by atomic mass is 15.1. The average Bonchev–Trinajstić information content (AvgIpc) is 2.29. The molecule has 0 aliphatic rings. The van der Waals surface area contributed by atoms with Gasteiger partial charge < -0.3 is 10.6 Å². The van der Waals surface area contributed by atoms with E-state index in [2.05, 4.69) is 18.2 Å². The molecule has 0 aromatic heterocycles. The second-order valence-electron chi connectivity index (χ2n) is 3.98. The highest BCUT2D eigenvalue weighted by Crippen LogP contribution is 2.24. The molecule has 1 radical (unpaired) electrons. The third kappa shape index (κ3) is 2.16. The SMILES string of the molecule is CN(C)c1[c]ccc(-c2cccc(N)c2)c1. The van der Waals surface area contributed by atoms with Crippen LogP contribution in [0.25, 0.3) is 11.1 Å². The van der Waals surface area contributed by atoms with Crippen molar-refractivity contribution in [2.75, 3.05) is 24.7 Å². The monoisotopic (exact) mass is 211 g/mol. The molecule has 0 bridgehead atoms. The third-order valence-corrected chi connectivity index (χ3v) is 2.49. The molecule has 0 fully saturated rings. The zero-order valence-electron chi connectivity index (χ0n) is 9.57. The second kappa shape index (κ2) is 4.27. The predicted octanol–water partition coefficient (Wildman–Crippen LogP) is 2.80. The molecule has 0 saturated carbocycles. The van der Waals surface area contributed by atoms with Crippen molar-refractivity contribution < 1.29 is 0 Å². The van der Waals surface area contributed by atoms with Gasteiger partial charge in [0.05, 0.1) is 0 Å². The van der Waals surface area contributed by atoms with Gasteiger partial charge in [-0.25, -0.2) is 0 Å². The molecule has 2 N–H and O–H groups in total. The Morgan fingerprint density at radius 3 is 2.50 bits per heavy atom. The number of benzene rings is 2. The first-order valence-electron chi connectivity index (χ1n) is 5.22. The number of anilines is 2. The molecular formula is C14H15N2. The van der Waals surface area contributed by atoms with Crippen LogP contribution in [0.5, 0.6) is 0 Å². The first kappa shape index (κ1) is 10.6. The summed E-state index contributed by atoms with van der Waals surface area (Å²) in [6, 6.07) is 17.2. The number of hydrogen-bond donors (Lipinski definition) is 1. The molecule has 16 heavy (non-hydrogen) atoms. The van der Waals surface area contributed by atoms with Gasteiger partial charge in [-0.15, -0.1) is 0 Å². The molecule has 0 aliphatic carbocycles. The van der Waals surface area contributed by atoms with E-state index in [9.17, 15) is 0 Å². The fourth-order valence-corrected chi connectivity index (χ4v) is 1.61. The zero-order valence-corrected chi connectivity index (χ0v) is 9.57. The highest BCUT2D eigenvalue weighted by Gasteiger charge is 2.00. The lowest BCUT2D eigenvalue weighted by Gasteiger charge is -2.13. The Morgan fingerprint density at radius 1 is 1.06 bits per heavy atom. The Labute approximate surface area is 96.3 Å². The summed E-state index contributed by atoms with van der Waals surface area (Å²) in [4.78, 5) is 2.04. The van der Waals surface area contributed by atoms with Crippen LogP contribution in [0.3, 0.4) is 0 Å². The molecule has 2 heteroatoms. The maximum absolute atomic E-state index is 5.78. The summed E-state index contributed by atoms with van der Waals surface area (Å²) >= 11 is 0. The van der Waals surface area contributed by atoms with E-state index in [1.807, 2.05) is 49.3 Å². The lowest BCUT2D eigenvalue weighted by Crippen LogP contribution is -2.08. The van der Waals surface area contributed by atoms with Crippen molar-refractivity contribution in [1.29, 1.82) is 0 Å². The summed E-state index contributed by atoms with van der Waals surface area (Å²) in [5, 5.41) is 0. The van der Waals surface area contributed by atoms with Crippen LogP contribution in [0, 0.1) is 6.07 Å². The summed E-state index contributed by atoms with van der Waals surface area (Å²) in [6.45, 7) is 0. The molecule has 0 unspecified atom stereocenters. The van der Waals surface area contributed by atoms with Crippen molar-refractivity contribution in [3.05, 3.63) is 48.5 Å². The maximum Gasteiger partial charge on any atom is 0.0447 e. The Balaban J connectivity index is 2.44. The summed E-state index contributed by atoms with van der Waals surface area (Å²) < 4.78 is 0. The van der Waals surface area contributed by atoms with Crippen molar-refractivity contribution in [2.24, 2.45) is 0 Å². The molecule has 0 saturated heterocycles. The van der Waals surface area contributed by atoms with Gasteiger partial charge >= 0.3 is 0 Å². The van der Waals surface area contributed by atoms with E-state index in [0.717, 1.165) is 22.5 Å². The average molecular weight is 211 g/mol. The Kier molecular flexibility index (Phi) is 2.82. The van der Waals surface area contributed by atoms with Crippen molar-refractivity contribution in [3.8, 4) is 11.1 Å². The quantitative estimate of drug-likeness (QED) is 0.774. The molecule has 2 aromatic carbocycles. The number of nitrogen functional groups attached to an aromatic ring is 1. The summed E-state index contributed by atoms with van der Waals surface area (Å²) in [5.74, 6) is 0. The molecular weight excluding hydrogens is 196 g/mol. The molecule has 0 spiro atoms. The number of nitrogens with two attached hydrogens (primary N) is 1. The van der Waals surface area contributed by atoms with Gasteiger partial charge in [0.15, 0.2) is 0 Å². The fraction of sp³-hybridized carbons (Fsp3) is 0.143. The van der Waals surface area contributed by atoms with Crippen LogP contribution in [-0.4, -0.2) is 14.1 Å². The van der Waals surface area contributed by atoms with Crippen LogP contribution in [0.2, 0.25) is 0 Å². The minimum Gasteiger partial charge on any atom is -0.399 e. The van der Waals surface area contributed by atoms with Gasteiger partial charge in [-0.3, -0.25) is 0 Å². The van der Waals surface area contributed by atoms with Gasteiger partial charge in [0.1, 0.15) is 0 Å². The van der Waals surface area contributed by atoms with Gasteiger partial charge in [-0.05, 0) is 29.3 Å². The summed E-state index contributed by atoms with van der Waals surface area (Å²) in [7, 11) is 4.02. The molecule has 2 rings (SSSR count). The van der Waals surface area contributed by atoms with E-state index in [0.29, 0.717) is 0 Å². The van der Waals surface area contributed by atoms with E-state index in [4.69, 9.17) is 5.73 Å². The molecule has 2 nitrogen and oxygen atoms in total.